The first-order valence-electron chi connectivity index (χ1n) is 18.9. The minimum Gasteiger partial charge on any atom is -0.0965 e. The maximum Gasteiger partial charge on any atom is -0.0121 e. The lowest BCUT2D eigenvalue weighted by molar-refractivity contribution is 0.433. The van der Waals surface area contributed by atoms with E-state index in [1.54, 1.807) is 83.5 Å². The second-order valence-electron chi connectivity index (χ2n) is 16.4. The zero-order valence-electron chi connectivity index (χ0n) is 26.4. The number of hydrogen-bond acceptors (Lipinski definition) is 0. The van der Waals surface area contributed by atoms with Gasteiger partial charge in [0.2, 0.25) is 0 Å². The number of fused-ring (bicyclic) bond motifs is 4. The minimum atomic E-state index is -0.00272. The third kappa shape index (κ3) is 5.47. The van der Waals surface area contributed by atoms with E-state index >= 15 is 0 Å². The van der Waals surface area contributed by atoms with Gasteiger partial charge in [-0.1, -0.05) is 105 Å². The molecule has 0 saturated heterocycles. The molecule has 7 aliphatic carbocycles. The monoisotopic (exact) mass is 590 g/mol. The van der Waals surface area contributed by atoms with E-state index in [4.69, 9.17) is 0 Å². The first kappa shape index (κ1) is 28.5. The van der Waals surface area contributed by atoms with Crippen LogP contribution < -0.4 is 5.30 Å². The maximum absolute atomic E-state index is 2.86. The molecule has 8 rings (SSSR count). The fourth-order valence-corrected chi connectivity index (χ4v) is 21.7. The predicted molar refractivity (Wildman–Crippen MR) is 182 cm³/mol. The van der Waals surface area contributed by atoms with Crippen molar-refractivity contribution in [2.45, 2.75) is 176 Å². The lowest BCUT2D eigenvalue weighted by atomic mass is 9.87. The molecule has 0 radical (unpaired) electrons. The van der Waals surface area contributed by atoms with E-state index in [2.05, 4.69) is 31.2 Å². The van der Waals surface area contributed by atoms with Crippen molar-refractivity contribution in [3.05, 3.63) is 29.8 Å². The highest BCUT2D eigenvalue weighted by atomic mass is 31.1. The second-order valence-corrected chi connectivity index (χ2v) is 22.2. The van der Waals surface area contributed by atoms with Gasteiger partial charge in [-0.15, -0.1) is 0 Å². The Morgan fingerprint density at radius 1 is 0.585 bits per heavy atom. The summed E-state index contributed by atoms with van der Waals surface area (Å²) in [5.41, 5.74) is 7.28. The van der Waals surface area contributed by atoms with Gasteiger partial charge < -0.3 is 0 Å². The van der Waals surface area contributed by atoms with Crippen molar-refractivity contribution in [2.24, 2.45) is 29.6 Å². The van der Waals surface area contributed by atoms with Crippen molar-refractivity contribution in [3.63, 3.8) is 0 Å². The van der Waals surface area contributed by atoms with E-state index in [0.717, 1.165) is 63.8 Å². The smallest absolute Gasteiger partial charge is 0.0121 e. The molecule has 0 spiro atoms. The highest BCUT2D eigenvalue weighted by Gasteiger charge is 2.53. The van der Waals surface area contributed by atoms with Gasteiger partial charge in [0, 0.05) is 0 Å². The van der Waals surface area contributed by atoms with Crippen molar-refractivity contribution >= 4 is 21.1 Å². The van der Waals surface area contributed by atoms with Crippen LogP contribution in [-0.4, -0.2) is 28.3 Å². The Balaban J connectivity index is 1.11. The first-order chi connectivity index (χ1) is 20.2. The predicted octanol–water partition coefficient (Wildman–Crippen LogP) is 11.6. The van der Waals surface area contributed by atoms with E-state index in [0.29, 0.717) is 0 Å². The fourth-order valence-electron chi connectivity index (χ4n) is 12.6. The Morgan fingerprint density at radius 2 is 1.17 bits per heavy atom. The summed E-state index contributed by atoms with van der Waals surface area (Å²) < 4.78 is 0. The molecule has 7 saturated carbocycles. The van der Waals surface area contributed by atoms with Crippen molar-refractivity contribution < 1.29 is 0 Å². The quantitative estimate of drug-likeness (QED) is 0.264. The average molecular weight is 591 g/mol. The molecular weight excluding hydrogens is 530 g/mol. The molecule has 1 aromatic rings. The van der Waals surface area contributed by atoms with E-state index in [1.807, 2.05) is 10.9 Å². The molecule has 0 nitrogen and oxygen atoms in total. The molecule has 1 aromatic carbocycles. The van der Waals surface area contributed by atoms with Crippen LogP contribution >= 0.6 is 15.8 Å². The van der Waals surface area contributed by atoms with Gasteiger partial charge in [-0.3, -0.25) is 0 Å². The highest BCUT2D eigenvalue weighted by molar-refractivity contribution is 7.67. The van der Waals surface area contributed by atoms with Crippen molar-refractivity contribution in [1.29, 1.82) is 0 Å². The molecule has 4 bridgehead atoms. The molecule has 0 N–H and O–H groups in total. The number of benzene rings is 1. The Kier molecular flexibility index (Phi) is 8.68. The topological polar surface area (TPSA) is 0 Å². The van der Waals surface area contributed by atoms with Gasteiger partial charge in [0.05, 0.1) is 0 Å². The van der Waals surface area contributed by atoms with Gasteiger partial charge in [0.1, 0.15) is 0 Å². The summed E-state index contributed by atoms with van der Waals surface area (Å²) in [6, 6.07) is 10.3. The van der Waals surface area contributed by atoms with Crippen molar-refractivity contribution in [1.82, 2.24) is 0 Å². The molecule has 9 atom stereocenters. The van der Waals surface area contributed by atoms with Gasteiger partial charge in [0.25, 0.3) is 0 Å². The van der Waals surface area contributed by atoms with Crippen LogP contribution in [0.4, 0.5) is 0 Å². The Labute approximate surface area is 255 Å². The summed E-state index contributed by atoms with van der Waals surface area (Å²) in [5, 5.41) is 1.94. The number of hydrogen-bond donors (Lipinski definition) is 0. The zero-order chi connectivity index (χ0) is 27.3. The lowest BCUT2D eigenvalue weighted by Crippen LogP contribution is -2.34. The van der Waals surface area contributed by atoms with Crippen LogP contribution in [0.5, 0.6) is 0 Å². The lowest BCUT2D eigenvalue weighted by Gasteiger charge is -2.46. The molecule has 226 valence electrons. The summed E-state index contributed by atoms with van der Waals surface area (Å²) in [6.45, 7) is 2.86. The molecule has 2 heteroatoms. The summed E-state index contributed by atoms with van der Waals surface area (Å²) in [4.78, 5) is 0. The van der Waals surface area contributed by atoms with E-state index in [1.165, 1.54) is 51.4 Å². The van der Waals surface area contributed by atoms with Crippen LogP contribution in [0.1, 0.15) is 153 Å². The SMILES string of the molecule is C[C@H](C1CCCC1c1ccccc1P(C1CCCCC1)C1CCCCC1)P(C1CC2CCC1C2)C1CC2CCC1C2. The summed E-state index contributed by atoms with van der Waals surface area (Å²) in [5.74, 6) is 6.36. The second kappa shape index (κ2) is 12.5. The molecule has 0 aromatic heterocycles. The van der Waals surface area contributed by atoms with Crippen LogP contribution in [0.2, 0.25) is 0 Å². The van der Waals surface area contributed by atoms with E-state index in [9.17, 15) is 0 Å². The molecule has 8 unspecified atom stereocenters. The molecule has 0 amide bonds. The molecule has 41 heavy (non-hydrogen) atoms. The Bertz CT molecular complexity index is 976. The third-order valence-corrected chi connectivity index (χ3v) is 22.1. The minimum absolute atomic E-state index is 0.00272. The molecule has 0 aliphatic heterocycles. The Morgan fingerprint density at radius 3 is 1.71 bits per heavy atom. The third-order valence-electron chi connectivity index (χ3n) is 14.4. The van der Waals surface area contributed by atoms with Gasteiger partial charge in [-0.05, 0) is 152 Å². The maximum atomic E-state index is 2.86. The largest absolute Gasteiger partial charge is 0.0965 e. The van der Waals surface area contributed by atoms with E-state index in [-0.39, 0.29) is 15.8 Å². The normalized spacial score (nSPS) is 41.0. The van der Waals surface area contributed by atoms with Gasteiger partial charge in [-0.2, -0.15) is 0 Å². The Hall–Kier alpha value is 0.0800. The summed E-state index contributed by atoms with van der Waals surface area (Å²) in [6.07, 6.45) is 32.7. The standard InChI is InChI=1S/C39H60P2/c1-27(40(38-25-28-19-21-30(38)23-28)39-26-29-20-22-31(39)24-29)34-16-10-17-35(34)36-15-8-9-18-37(36)41(32-11-4-2-5-12-32)33-13-6-3-7-14-33/h8-9,15,18,27-35,38-39H,2-7,10-14,16-17,19-26H2,1H3/t27-,28?,29?,30?,31?,34?,35?,38?,39?,40?/m1/s1. The fraction of sp³-hybridized carbons (Fsp3) is 0.846. The van der Waals surface area contributed by atoms with Gasteiger partial charge in [-0.25, -0.2) is 0 Å². The molecule has 7 fully saturated rings. The molecular formula is C39H60P2. The number of rotatable bonds is 8. The van der Waals surface area contributed by atoms with Crippen LogP contribution in [0.3, 0.4) is 0 Å². The summed E-state index contributed by atoms with van der Waals surface area (Å²) in [7, 11) is 0.172. The molecule has 0 heterocycles. The van der Waals surface area contributed by atoms with Gasteiger partial charge >= 0.3 is 0 Å². The van der Waals surface area contributed by atoms with Gasteiger partial charge in [0.15, 0.2) is 0 Å². The van der Waals surface area contributed by atoms with Crippen molar-refractivity contribution in [3.8, 4) is 0 Å². The summed E-state index contributed by atoms with van der Waals surface area (Å²) >= 11 is 0. The van der Waals surface area contributed by atoms with E-state index < -0.39 is 0 Å². The van der Waals surface area contributed by atoms with Crippen LogP contribution in [0.25, 0.3) is 0 Å². The van der Waals surface area contributed by atoms with Crippen LogP contribution in [-0.2, 0) is 0 Å². The average Bonchev–Trinajstić information content (AvgIpc) is 3.86. The van der Waals surface area contributed by atoms with Crippen LogP contribution in [0.15, 0.2) is 24.3 Å². The molecule has 7 aliphatic rings. The zero-order valence-corrected chi connectivity index (χ0v) is 28.2. The van der Waals surface area contributed by atoms with Crippen LogP contribution in [0, 0.1) is 29.6 Å². The highest BCUT2D eigenvalue weighted by Crippen LogP contribution is 2.71. The van der Waals surface area contributed by atoms with Crippen molar-refractivity contribution in [2.75, 3.05) is 0 Å². The first-order valence-corrected chi connectivity index (χ1v) is 21.9.